The second-order valence-electron chi connectivity index (χ2n) is 6.45. The molecule has 0 amide bonds. The van der Waals surface area contributed by atoms with Crippen LogP contribution in [0.5, 0.6) is 5.75 Å². The SMILES string of the molecule is COC1=C(n2cnc(C)c2)C=CCN1[C@@H]1COc2cc(C(F)(F)F)ccc21. The van der Waals surface area contributed by atoms with Gasteiger partial charge in [-0.3, -0.25) is 0 Å². The van der Waals surface area contributed by atoms with Gasteiger partial charge in [0.1, 0.15) is 18.1 Å². The molecule has 4 rings (SSSR count). The van der Waals surface area contributed by atoms with Crippen LogP contribution in [0.1, 0.15) is 22.9 Å². The predicted molar refractivity (Wildman–Crippen MR) is 92.7 cm³/mol. The zero-order chi connectivity index (χ0) is 19.2. The number of methoxy groups -OCH3 is 1. The summed E-state index contributed by atoms with van der Waals surface area (Å²) in [6.45, 7) is 2.72. The van der Waals surface area contributed by atoms with E-state index >= 15 is 0 Å². The smallest absolute Gasteiger partial charge is 0.416 e. The molecule has 0 bridgehead atoms. The van der Waals surface area contributed by atoms with Crippen LogP contribution in [0, 0.1) is 6.92 Å². The van der Waals surface area contributed by atoms with Crippen molar-refractivity contribution >= 4 is 5.70 Å². The maximum Gasteiger partial charge on any atom is 0.416 e. The van der Waals surface area contributed by atoms with E-state index in [0.717, 1.165) is 23.5 Å². The maximum absolute atomic E-state index is 13.0. The van der Waals surface area contributed by atoms with Crippen molar-refractivity contribution in [2.75, 3.05) is 20.3 Å². The number of halogens is 3. The van der Waals surface area contributed by atoms with Gasteiger partial charge in [-0.05, 0) is 25.1 Å². The molecule has 1 aromatic carbocycles. The fraction of sp³-hybridized carbons (Fsp3) is 0.316. The number of allylic oxidation sites excluding steroid dienone is 2. The van der Waals surface area contributed by atoms with Crippen molar-refractivity contribution < 1.29 is 22.6 Å². The lowest BCUT2D eigenvalue weighted by molar-refractivity contribution is -0.137. The molecule has 8 heteroatoms. The number of ether oxygens (including phenoxy) is 2. The first-order valence-corrected chi connectivity index (χ1v) is 8.45. The number of alkyl halides is 3. The van der Waals surface area contributed by atoms with Gasteiger partial charge in [0.05, 0.1) is 30.7 Å². The Hall–Kier alpha value is -2.90. The molecule has 1 aromatic heterocycles. The summed E-state index contributed by atoms with van der Waals surface area (Å²) in [4.78, 5) is 6.23. The zero-order valence-electron chi connectivity index (χ0n) is 14.8. The average Bonchev–Trinajstić information content (AvgIpc) is 3.25. The van der Waals surface area contributed by atoms with Gasteiger partial charge < -0.3 is 18.9 Å². The van der Waals surface area contributed by atoms with Crippen LogP contribution >= 0.6 is 0 Å². The van der Waals surface area contributed by atoms with Gasteiger partial charge in [-0.15, -0.1) is 0 Å². The quantitative estimate of drug-likeness (QED) is 0.811. The first kappa shape index (κ1) is 17.5. The molecule has 0 aliphatic carbocycles. The Balaban J connectivity index is 1.71. The lowest BCUT2D eigenvalue weighted by Gasteiger charge is -2.33. The number of aryl methyl sites for hydroxylation is 1. The van der Waals surface area contributed by atoms with E-state index in [1.54, 1.807) is 13.4 Å². The zero-order valence-corrected chi connectivity index (χ0v) is 14.8. The molecular weight excluding hydrogens is 359 g/mol. The van der Waals surface area contributed by atoms with Gasteiger partial charge in [0.15, 0.2) is 0 Å². The van der Waals surface area contributed by atoms with Crippen LogP contribution < -0.4 is 4.74 Å². The van der Waals surface area contributed by atoms with E-state index in [4.69, 9.17) is 9.47 Å². The van der Waals surface area contributed by atoms with Gasteiger partial charge in [0, 0.05) is 18.3 Å². The fourth-order valence-corrected chi connectivity index (χ4v) is 3.45. The highest BCUT2D eigenvalue weighted by Crippen LogP contribution is 2.42. The molecule has 3 heterocycles. The normalized spacial score (nSPS) is 19.3. The van der Waals surface area contributed by atoms with Crippen molar-refractivity contribution in [1.82, 2.24) is 14.5 Å². The summed E-state index contributed by atoms with van der Waals surface area (Å²) < 4.78 is 52.0. The number of aromatic nitrogens is 2. The monoisotopic (exact) mass is 377 g/mol. The van der Waals surface area contributed by atoms with E-state index in [-0.39, 0.29) is 18.4 Å². The third kappa shape index (κ3) is 3.05. The third-order valence-corrected chi connectivity index (χ3v) is 4.71. The van der Waals surface area contributed by atoms with Crippen LogP contribution in [0.25, 0.3) is 5.70 Å². The molecule has 2 aliphatic rings. The van der Waals surface area contributed by atoms with E-state index in [0.29, 0.717) is 18.0 Å². The number of hydrogen-bond acceptors (Lipinski definition) is 4. The second kappa shape index (κ2) is 6.37. The van der Waals surface area contributed by atoms with E-state index in [2.05, 4.69) is 4.98 Å². The Morgan fingerprint density at radius 1 is 1.30 bits per heavy atom. The van der Waals surface area contributed by atoms with E-state index in [1.807, 2.05) is 34.7 Å². The molecule has 0 N–H and O–H groups in total. The molecule has 0 spiro atoms. The largest absolute Gasteiger partial charge is 0.491 e. The summed E-state index contributed by atoms with van der Waals surface area (Å²) in [5.74, 6) is 0.885. The Kier molecular flexibility index (Phi) is 4.13. The minimum absolute atomic E-state index is 0.234. The first-order valence-electron chi connectivity index (χ1n) is 8.45. The molecule has 0 saturated carbocycles. The molecular formula is C19H18F3N3O2. The van der Waals surface area contributed by atoms with Gasteiger partial charge in [0.25, 0.3) is 0 Å². The number of hydrogen-bond donors (Lipinski definition) is 0. The summed E-state index contributed by atoms with van der Waals surface area (Å²) in [7, 11) is 1.58. The topological polar surface area (TPSA) is 39.5 Å². The molecule has 142 valence electrons. The highest BCUT2D eigenvalue weighted by Gasteiger charge is 2.37. The minimum Gasteiger partial charge on any atom is -0.491 e. The molecule has 0 saturated heterocycles. The molecule has 0 radical (unpaired) electrons. The van der Waals surface area contributed by atoms with Gasteiger partial charge in [-0.2, -0.15) is 13.2 Å². The molecule has 0 unspecified atom stereocenters. The molecule has 5 nitrogen and oxygen atoms in total. The Morgan fingerprint density at radius 2 is 2.11 bits per heavy atom. The lowest BCUT2D eigenvalue weighted by atomic mass is 10.0. The van der Waals surface area contributed by atoms with Crippen LogP contribution in [-0.2, 0) is 10.9 Å². The number of imidazole rings is 1. The maximum atomic E-state index is 13.0. The highest BCUT2D eigenvalue weighted by molar-refractivity contribution is 5.61. The van der Waals surface area contributed by atoms with Crippen LogP contribution in [-0.4, -0.2) is 34.7 Å². The summed E-state index contributed by atoms with van der Waals surface area (Å²) in [6.07, 6.45) is 3.12. The van der Waals surface area contributed by atoms with E-state index in [1.165, 1.54) is 6.07 Å². The fourth-order valence-electron chi connectivity index (χ4n) is 3.45. The third-order valence-electron chi connectivity index (χ3n) is 4.71. The van der Waals surface area contributed by atoms with Crippen molar-refractivity contribution in [3.05, 3.63) is 65.6 Å². The molecule has 27 heavy (non-hydrogen) atoms. The number of rotatable bonds is 3. The lowest BCUT2D eigenvalue weighted by Crippen LogP contribution is -2.33. The van der Waals surface area contributed by atoms with Gasteiger partial charge in [-0.25, -0.2) is 4.98 Å². The van der Waals surface area contributed by atoms with Gasteiger partial charge in [-0.1, -0.05) is 12.1 Å². The first-order chi connectivity index (χ1) is 12.9. The summed E-state index contributed by atoms with van der Waals surface area (Å²) in [5.41, 5.74) is 1.69. The van der Waals surface area contributed by atoms with E-state index in [9.17, 15) is 13.2 Å². The van der Waals surface area contributed by atoms with Crippen LogP contribution in [0.3, 0.4) is 0 Å². The average molecular weight is 377 g/mol. The summed E-state index contributed by atoms with van der Waals surface area (Å²) in [5, 5.41) is 0. The number of fused-ring (bicyclic) bond motifs is 1. The van der Waals surface area contributed by atoms with Crippen molar-refractivity contribution in [2.45, 2.75) is 19.1 Å². The highest BCUT2D eigenvalue weighted by atomic mass is 19.4. The predicted octanol–water partition coefficient (Wildman–Crippen LogP) is 3.99. The van der Waals surface area contributed by atoms with Gasteiger partial charge in [0.2, 0.25) is 5.88 Å². The van der Waals surface area contributed by atoms with Crippen molar-refractivity contribution in [2.24, 2.45) is 0 Å². The Labute approximate surface area is 154 Å². The molecule has 2 aromatic rings. The van der Waals surface area contributed by atoms with Crippen LogP contribution in [0.4, 0.5) is 13.2 Å². The Bertz CT molecular complexity index is 931. The standard InChI is InChI=1S/C19H18F3N3O2/c1-12-9-24(11-23-12)15-4-3-7-25(18(15)26-2)16-10-27-17-8-13(19(20,21)22)5-6-14(16)17/h3-6,8-9,11,16H,7,10H2,1-2H3/t16-/m1/s1. The minimum atomic E-state index is -4.39. The van der Waals surface area contributed by atoms with E-state index < -0.39 is 11.7 Å². The van der Waals surface area contributed by atoms with Gasteiger partial charge >= 0.3 is 6.18 Å². The Morgan fingerprint density at radius 3 is 2.78 bits per heavy atom. The second-order valence-corrected chi connectivity index (χ2v) is 6.45. The summed E-state index contributed by atoms with van der Waals surface area (Å²) in [6, 6.07) is 3.41. The summed E-state index contributed by atoms with van der Waals surface area (Å²) >= 11 is 0. The number of nitrogens with zero attached hydrogens (tertiary/aromatic N) is 3. The molecule has 0 fully saturated rings. The molecule has 1 atom stereocenters. The van der Waals surface area contributed by atoms with Crippen molar-refractivity contribution in [3.63, 3.8) is 0 Å². The van der Waals surface area contributed by atoms with Crippen molar-refractivity contribution in [1.29, 1.82) is 0 Å². The van der Waals surface area contributed by atoms with Crippen LogP contribution in [0.15, 0.2) is 48.8 Å². The number of benzene rings is 1. The molecule has 2 aliphatic heterocycles. The van der Waals surface area contributed by atoms with Crippen molar-refractivity contribution in [3.8, 4) is 5.75 Å². The van der Waals surface area contributed by atoms with Crippen LogP contribution in [0.2, 0.25) is 0 Å².